The lowest BCUT2D eigenvalue weighted by atomic mass is 9.93. The molecule has 3 unspecified atom stereocenters. The molecule has 2 aromatic carbocycles. The van der Waals surface area contributed by atoms with Gasteiger partial charge in [-0.2, -0.15) is 0 Å². The van der Waals surface area contributed by atoms with Gasteiger partial charge in [0.15, 0.2) is 0 Å². The van der Waals surface area contributed by atoms with Crippen molar-refractivity contribution in [3.8, 4) is 12.3 Å². The molecule has 260 valence electrons. The average molecular weight is 663 g/mol. The number of nitrogens with one attached hydrogen (secondary N) is 2. The van der Waals surface area contributed by atoms with Crippen molar-refractivity contribution in [2.75, 3.05) is 0 Å². The number of hydrogen-bond acceptors (Lipinski definition) is 7. The molecule has 0 bridgehead atoms. The SMILES string of the molecule is C#Cc1ccc(C(C(=O)NC(Cc2ccccc2)C(=O)OC(C)(C)C)N(C(=O)C(CCC(N)=O)NC(=O)OC(C)(C)C)C(C)(C)C)cc1. The van der Waals surface area contributed by atoms with E-state index in [1.807, 2.05) is 30.3 Å². The highest BCUT2D eigenvalue weighted by molar-refractivity contribution is 5.94. The zero-order valence-electron chi connectivity index (χ0n) is 29.5. The van der Waals surface area contributed by atoms with Gasteiger partial charge < -0.3 is 30.7 Å². The van der Waals surface area contributed by atoms with Crippen LogP contribution in [0.4, 0.5) is 4.79 Å². The van der Waals surface area contributed by atoms with Crippen molar-refractivity contribution in [3.63, 3.8) is 0 Å². The fraction of sp³-hybridized carbons (Fsp3) is 0.486. The molecule has 0 heterocycles. The quantitative estimate of drug-likeness (QED) is 0.222. The van der Waals surface area contributed by atoms with Crippen LogP contribution < -0.4 is 16.4 Å². The van der Waals surface area contributed by atoms with Gasteiger partial charge in [0, 0.05) is 23.9 Å². The molecule has 0 fully saturated rings. The average Bonchev–Trinajstić information content (AvgIpc) is 2.95. The largest absolute Gasteiger partial charge is 0.458 e. The van der Waals surface area contributed by atoms with Crippen molar-refractivity contribution in [2.24, 2.45) is 5.73 Å². The van der Waals surface area contributed by atoms with Crippen LogP contribution in [0.25, 0.3) is 0 Å². The molecule has 0 saturated heterocycles. The van der Waals surface area contributed by atoms with E-state index < -0.39 is 64.7 Å². The number of primary amides is 1. The van der Waals surface area contributed by atoms with E-state index in [9.17, 15) is 24.0 Å². The molecule has 3 atom stereocenters. The fourth-order valence-corrected chi connectivity index (χ4v) is 4.85. The van der Waals surface area contributed by atoms with E-state index in [1.165, 1.54) is 4.90 Å². The molecule has 0 spiro atoms. The van der Waals surface area contributed by atoms with E-state index in [4.69, 9.17) is 21.6 Å². The Morgan fingerprint density at radius 1 is 0.812 bits per heavy atom. The summed E-state index contributed by atoms with van der Waals surface area (Å²) in [5, 5.41) is 5.42. The molecular weight excluding hydrogens is 612 g/mol. The summed E-state index contributed by atoms with van der Waals surface area (Å²) >= 11 is 0. The number of alkyl carbamates (subject to hydrolysis) is 1. The topological polar surface area (TPSA) is 157 Å². The lowest BCUT2D eigenvalue weighted by Gasteiger charge is -2.43. The second-order valence-electron chi connectivity index (χ2n) is 14.5. The van der Waals surface area contributed by atoms with Crippen LogP contribution in [0, 0.1) is 12.3 Å². The van der Waals surface area contributed by atoms with Crippen LogP contribution in [-0.2, 0) is 35.1 Å². The van der Waals surface area contributed by atoms with Gasteiger partial charge in [0.1, 0.15) is 29.3 Å². The molecule has 0 aromatic heterocycles. The van der Waals surface area contributed by atoms with Crippen molar-refractivity contribution in [2.45, 2.75) is 116 Å². The normalized spacial score (nSPS) is 13.6. The Hall–Kier alpha value is -4.85. The first-order chi connectivity index (χ1) is 22.1. The number of benzene rings is 2. The van der Waals surface area contributed by atoms with E-state index in [2.05, 4.69) is 16.6 Å². The van der Waals surface area contributed by atoms with Gasteiger partial charge in [-0.25, -0.2) is 9.59 Å². The van der Waals surface area contributed by atoms with Crippen LogP contribution in [0.3, 0.4) is 0 Å². The first kappa shape index (κ1) is 39.3. The lowest BCUT2D eigenvalue weighted by molar-refractivity contribution is -0.159. The van der Waals surface area contributed by atoms with Gasteiger partial charge in [0.05, 0.1) is 0 Å². The van der Waals surface area contributed by atoms with Gasteiger partial charge in [0.2, 0.25) is 17.7 Å². The Balaban J connectivity index is 2.69. The van der Waals surface area contributed by atoms with Crippen LogP contribution >= 0.6 is 0 Å². The molecule has 4 amide bonds. The van der Waals surface area contributed by atoms with Crippen LogP contribution in [0.2, 0.25) is 0 Å². The molecule has 0 saturated carbocycles. The highest BCUT2D eigenvalue weighted by atomic mass is 16.6. The molecule has 0 aliphatic carbocycles. The first-order valence-corrected chi connectivity index (χ1v) is 15.9. The number of hydrogen-bond donors (Lipinski definition) is 3. The predicted molar refractivity (Wildman–Crippen MR) is 183 cm³/mol. The molecule has 11 nitrogen and oxygen atoms in total. The number of amides is 4. The lowest BCUT2D eigenvalue weighted by Crippen LogP contribution is -2.59. The van der Waals surface area contributed by atoms with Gasteiger partial charge >= 0.3 is 12.1 Å². The van der Waals surface area contributed by atoms with E-state index in [0.717, 1.165) is 5.56 Å². The zero-order chi connectivity index (χ0) is 36.4. The Morgan fingerprint density at radius 3 is 1.85 bits per heavy atom. The summed E-state index contributed by atoms with van der Waals surface area (Å²) in [6.45, 7) is 15.4. The van der Waals surface area contributed by atoms with Crippen LogP contribution in [0.15, 0.2) is 54.6 Å². The minimum absolute atomic E-state index is 0.120. The van der Waals surface area contributed by atoms with Crippen molar-refractivity contribution >= 4 is 29.8 Å². The third kappa shape index (κ3) is 12.7. The molecule has 11 heteroatoms. The van der Waals surface area contributed by atoms with E-state index in [-0.39, 0.29) is 19.3 Å². The minimum Gasteiger partial charge on any atom is -0.458 e. The van der Waals surface area contributed by atoms with E-state index in [1.54, 1.807) is 86.6 Å². The molecule has 0 aliphatic heterocycles. The third-order valence-electron chi connectivity index (χ3n) is 6.82. The molecular formula is C37H50N4O7. The van der Waals surface area contributed by atoms with Crippen LogP contribution in [0.1, 0.15) is 97.9 Å². The molecule has 48 heavy (non-hydrogen) atoms. The monoisotopic (exact) mass is 662 g/mol. The Kier molecular flexibility index (Phi) is 13.4. The van der Waals surface area contributed by atoms with Crippen molar-refractivity contribution in [1.82, 2.24) is 15.5 Å². The summed E-state index contributed by atoms with van der Waals surface area (Å²) in [5.41, 5.74) is 4.39. The Bertz CT molecular complexity index is 1480. The van der Waals surface area contributed by atoms with Gasteiger partial charge in [-0.3, -0.25) is 14.4 Å². The van der Waals surface area contributed by atoms with Crippen molar-refractivity contribution in [1.29, 1.82) is 0 Å². The Labute approximate surface area is 284 Å². The minimum atomic E-state index is -1.32. The summed E-state index contributed by atoms with van der Waals surface area (Å²) in [6, 6.07) is 12.0. The van der Waals surface area contributed by atoms with Gasteiger partial charge in [-0.15, -0.1) is 6.42 Å². The number of terminal acetylenes is 1. The van der Waals surface area contributed by atoms with E-state index in [0.29, 0.717) is 11.1 Å². The molecule has 2 aromatic rings. The second kappa shape index (κ2) is 16.3. The number of nitrogens with zero attached hydrogens (tertiary/aromatic N) is 1. The maximum Gasteiger partial charge on any atom is 0.408 e. The number of carbonyl (C=O) groups excluding carboxylic acids is 5. The van der Waals surface area contributed by atoms with Crippen molar-refractivity contribution < 1.29 is 33.4 Å². The van der Waals surface area contributed by atoms with Gasteiger partial charge in [0.25, 0.3) is 0 Å². The standard InChI is InChI=1S/C37H50N4O7/c1-11-24-17-19-26(20-18-24)30(31(43)39-28(33(45)47-36(5,6)7)23-25-15-13-12-14-16-25)41(35(2,3)4)32(44)27(21-22-29(38)42)40-34(46)48-37(8,9)10/h1,12-20,27-28,30H,21-23H2,2-10H3,(H2,38,42)(H,39,43)(H,40,46). The highest BCUT2D eigenvalue weighted by Crippen LogP contribution is 2.31. The number of ether oxygens (including phenoxy) is 2. The summed E-state index contributed by atoms with van der Waals surface area (Å²) < 4.78 is 11.1. The zero-order valence-corrected chi connectivity index (χ0v) is 29.5. The van der Waals surface area contributed by atoms with Crippen LogP contribution in [-0.4, -0.2) is 63.5 Å². The summed E-state index contributed by atoms with van der Waals surface area (Å²) in [7, 11) is 0. The maximum absolute atomic E-state index is 14.5. The second-order valence-corrected chi connectivity index (χ2v) is 14.5. The molecule has 0 aliphatic rings. The number of rotatable bonds is 12. The summed E-state index contributed by atoms with van der Waals surface area (Å²) in [4.78, 5) is 68.5. The number of carbonyl (C=O) groups is 5. The third-order valence-corrected chi connectivity index (χ3v) is 6.82. The smallest absolute Gasteiger partial charge is 0.408 e. The van der Waals surface area contributed by atoms with E-state index >= 15 is 0 Å². The Morgan fingerprint density at radius 2 is 1.38 bits per heavy atom. The van der Waals surface area contributed by atoms with Crippen LogP contribution in [0.5, 0.6) is 0 Å². The molecule has 2 rings (SSSR count). The van der Waals surface area contributed by atoms with Gasteiger partial charge in [-0.05, 0) is 92.0 Å². The summed E-state index contributed by atoms with van der Waals surface area (Å²) in [6.07, 6.45) is 4.45. The maximum atomic E-state index is 14.5. The highest BCUT2D eigenvalue weighted by Gasteiger charge is 2.43. The van der Waals surface area contributed by atoms with Gasteiger partial charge in [-0.1, -0.05) is 48.4 Å². The molecule has 4 N–H and O–H groups in total. The molecule has 0 radical (unpaired) electrons. The fourth-order valence-electron chi connectivity index (χ4n) is 4.85. The number of nitrogens with two attached hydrogens (primary N) is 1. The predicted octanol–water partition coefficient (Wildman–Crippen LogP) is 4.56. The first-order valence-electron chi connectivity index (χ1n) is 15.9. The summed E-state index contributed by atoms with van der Waals surface area (Å²) in [5.74, 6) is -0.142. The number of esters is 1. The van der Waals surface area contributed by atoms with Crippen molar-refractivity contribution in [3.05, 3.63) is 71.3 Å².